The number of rotatable bonds is 13. The van der Waals surface area contributed by atoms with Crippen molar-refractivity contribution in [1.82, 2.24) is 16.0 Å². The topological polar surface area (TPSA) is 90.5 Å². The second-order valence-electron chi connectivity index (χ2n) is 10.0. The Bertz CT molecular complexity index is 1060. The van der Waals surface area contributed by atoms with Gasteiger partial charge < -0.3 is 15.7 Å². The third-order valence-corrected chi connectivity index (χ3v) is 7.51. The van der Waals surface area contributed by atoms with E-state index in [1.807, 2.05) is 6.07 Å². The van der Waals surface area contributed by atoms with Gasteiger partial charge >= 0.3 is 6.18 Å². The first-order valence-corrected chi connectivity index (χ1v) is 13.5. The fourth-order valence-corrected chi connectivity index (χ4v) is 5.04. The first-order valence-electron chi connectivity index (χ1n) is 12.3. The molecule has 2 amide bonds. The summed E-state index contributed by atoms with van der Waals surface area (Å²) in [4.78, 5) is 25.8. The fraction of sp³-hybridized carbons (Fsp3) is 0.481. The van der Waals surface area contributed by atoms with E-state index in [2.05, 4.69) is 16.0 Å². The van der Waals surface area contributed by atoms with Gasteiger partial charge in [-0.1, -0.05) is 42.5 Å². The van der Waals surface area contributed by atoms with Gasteiger partial charge in [0, 0.05) is 12.3 Å². The van der Waals surface area contributed by atoms with Crippen LogP contribution in [0.3, 0.4) is 0 Å². The van der Waals surface area contributed by atoms with Gasteiger partial charge in [0.25, 0.3) is 5.91 Å². The molecule has 0 radical (unpaired) electrons. The van der Waals surface area contributed by atoms with Crippen LogP contribution in [0.25, 0.3) is 0 Å². The summed E-state index contributed by atoms with van der Waals surface area (Å²) in [5.74, 6) is -0.943. The number of hydrogen-bond acceptors (Lipinski definition) is 5. The normalized spacial score (nSPS) is 16.4. The van der Waals surface area contributed by atoms with Crippen LogP contribution in [-0.2, 0) is 16.1 Å². The predicted octanol–water partition coefficient (Wildman–Crippen LogP) is 4.10. The molecule has 1 aliphatic rings. The number of amides is 2. The summed E-state index contributed by atoms with van der Waals surface area (Å²) in [6, 6.07) is 9.42. The summed E-state index contributed by atoms with van der Waals surface area (Å²) in [5.41, 5.74) is -0.906. The maximum absolute atomic E-state index is 14.0. The van der Waals surface area contributed by atoms with Crippen molar-refractivity contribution in [2.45, 2.75) is 63.1 Å². The van der Waals surface area contributed by atoms with Crippen LogP contribution in [0.2, 0.25) is 0 Å². The molecule has 3 atom stereocenters. The molecule has 6 nitrogen and oxygen atoms in total. The molecular weight excluding hydrogens is 522 g/mol. The highest BCUT2D eigenvalue weighted by Crippen LogP contribution is 2.35. The van der Waals surface area contributed by atoms with Gasteiger partial charge in [0.2, 0.25) is 5.91 Å². The monoisotopic (exact) mass is 555 g/mol. The second-order valence-corrected chi connectivity index (χ2v) is 11.1. The highest BCUT2D eigenvalue weighted by molar-refractivity contribution is 7.99. The van der Waals surface area contributed by atoms with E-state index in [9.17, 15) is 32.3 Å². The second kappa shape index (κ2) is 12.9. The van der Waals surface area contributed by atoms with Crippen molar-refractivity contribution < 1.29 is 32.3 Å². The summed E-state index contributed by atoms with van der Waals surface area (Å²) >= 11 is 1.36. The SMILES string of the molecule is CC(C)(NC(=O)[C@H](CSCC1CC1)N[C@@H](c1ccc(F)cc1)C(F)(F)F)C(O)C(=O)NCc1ccccc1. The minimum Gasteiger partial charge on any atom is -0.381 e. The number of thioether (sulfide) groups is 1. The Kier molecular flexibility index (Phi) is 10.2. The zero-order valence-corrected chi connectivity index (χ0v) is 22.0. The number of nitrogens with one attached hydrogen (secondary N) is 3. The van der Waals surface area contributed by atoms with Crippen molar-refractivity contribution in [3.05, 3.63) is 71.5 Å². The number of alkyl halides is 3. The van der Waals surface area contributed by atoms with Crippen molar-refractivity contribution in [3.8, 4) is 0 Å². The highest BCUT2D eigenvalue weighted by Gasteiger charge is 2.44. The Labute approximate surface area is 224 Å². The summed E-state index contributed by atoms with van der Waals surface area (Å²) in [5, 5.41) is 18.2. The quantitative estimate of drug-likeness (QED) is 0.280. The first kappa shape index (κ1) is 29.9. The van der Waals surface area contributed by atoms with Gasteiger partial charge in [0.15, 0.2) is 6.10 Å². The molecule has 3 rings (SSSR count). The van der Waals surface area contributed by atoms with Crippen LogP contribution < -0.4 is 16.0 Å². The zero-order chi connectivity index (χ0) is 27.9. The third kappa shape index (κ3) is 8.99. The lowest BCUT2D eigenvalue weighted by molar-refractivity contribution is -0.160. The molecule has 0 spiro atoms. The Morgan fingerprint density at radius 3 is 2.24 bits per heavy atom. The van der Waals surface area contributed by atoms with E-state index in [1.54, 1.807) is 24.3 Å². The molecule has 1 aliphatic carbocycles. The van der Waals surface area contributed by atoms with Crippen molar-refractivity contribution in [2.24, 2.45) is 5.92 Å². The largest absolute Gasteiger partial charge is 0.407 e. The van der Waals surface area contributed by atoms with E-state index in [0.29, 0.717) is 11.7 Å². The summed E-state index contributed by atoms with van der Waals surface area (Å²) < 4.78 is 55.3. The molecule has 0 bridgehead atoms. The van der Waals surface area contributed by atoms with Gasteiger partial charge in [-0.15, -0.1) is 0 Å². The number of hydrogen-bond donors (Lipinski definition) is 4. The lowest BCUT2D eigenvalue weighted by Crippen LogP contribution is -2.61. The molecule has 11 heteroatoms. The molecule has 0 saturated heterocycles. The number of carbonyl (C=O) groups is 2. The van der Waals surface area contributed by atoms with Crippen LogP contribution in [0.4, 0.5) is 17.6 Å². The molecule has 0 heterocycles. The molecule has 2 aromatic carbocycles. The molecule has 38 heavy (non-hydrogen) atoms. The van der Waals surface area contributed by atoms with Gasteiger partial charge in [-0.25, -0.2) is 4.39 Å². The Balaban J connectivity index is 1.70. The lowest BCUT2D eigenvalue weighted by Gasteiger charge is -2.34. The van der Waals surface area contributed by atoms with Crippen LogP contribution in [-0.4, -0.2) is 52.3 Å². The van der Waals surface area contributed by atoms with Crippen molar-refractivity contribution in [2.75, 3.05) is 11.5 Å². The molecule has 1 unspecified atom stereocenters. The molecule has 4 N–H and O–H groups in total. The standard InChI is InChI=1S/C27H33F4N3O3S/c1-26(2,23(35)25(37)32-14-17-6-4-3-5-7-17)34-24(36)21(16-38-15-18-8-9-18)33-22(27(29,30)31)19-10-12-20(28)13-11-19/h3-7,10-13,18,21-23,33,35H,8-9,14-16H2,1-2H3,(H,32,37)(H,34,36)/t21-,22-,23?/m0/s1. The minimum atomic E-state index is -4.76. The average Bonchev–Trinajstić information content (AvgIpc) is 3.69. The van der Waals surface area contributed by atoms with E-state index in [1.165, 1.54) is 25.6 Å². The summed E-state index contributed by atoms with van der Waals surface area (Å²) in [7, 11) is 0. The van der Waals surface area contributed by atoms with Crippen LogP contribution in [0.5, 0.6) is 0 Å². The predicted molar refractivity (Wildman–Crippen MR) is 139 cm³/mol. The van der Waals surface area contributed by atoms with E-state index in [0.717, 1.165) is 42.7 Å². The molecule has 0 aliphatic heterocycles. The Hall–Kier alpha value is -2.63. The van der Waals surface area contributed by atoms with Gasteiger partial charge in [0.05, 0.1) is 11.6 Å². The molecule has 1 saturated carbocycles. The molecular formula is C27H33F4N3O3S. The van der Waals surface area contributed by atoms with E-state index >= 15 is 0 Å². The minimum absolute atomic E-state index is 0.0441. The highest BCUT2D eigenvalue weighted by atomic mass is 32.2. The van der Waals surface area contributed by atoms with E-state index in [-0.39, 0.29) is 17.9 Å². The van der Waals surface area contributed by atoms with Crippen molar-refractivity contribution in [3.63, 3.8) is 0 Å². The van der Waals surface area contributed by atoms with Gasteiger partial charge in [-0.2, -0.15) is 24.9 Å². The fourth-order valence-electron chi connectivity index (χ4n) is 3.76. The maximum Gasteiger partial charge on any atom is 0.407 e. The Morgan fingerprint density at radius 2 is 1.66 bits per heavy atom. The first-order chi connectivity index (χ1) is 17.9. The number of aliphatic hydroxyl groups excluding tert-OH is 1. The number of carbonyl (C=O) groups excluding carboxylic acids is 2. The van der Waals surface area contributed by atoms with Gasteiger partial charge in [-0.05, 0) is 61.6 Å². The smallest absolute Gasteiger partial charge is 0.381 e. The number of benzene rings is 2. The maximum atomic E-state index is 14.0. The van der Waals surface area contributed by atoms with Crippen molar-refractivity contribution >= 4 is 23.6 Å². The van der Waals surface area contributed by atoms with Crippen LogP contribution in [0, 0.1) is 11.7 Å². The third-order valence-electron chi connectivity index (χ3n) is 6.24. The van der Waals surface area contributed by atoms with Crippen molar-refractivity contribution in [1.29, 1.82) is 0 Å². The molecule has 0 aromatic heterocycles. The average molecular weight is 556 g/mol. The van der Waals surface area contributed by atoms with Gasteiger partial charge in [0.1, 0.15) is 11.9 Å². The van der Waals surface area contributed by atoms with E-state index in [4.69, 9.17) is 0 Å². The summed E-state index contributed by atoms with van der Waals surface area (Å²) in [6.45, 7) is 3.01. The van der Waals surface area contributed by atoms with Crippen LogP contribution in [0.15, 0.2) is 54.6 Å². The zero-order valence-electron chi connectivity index (χ0n) is 21.2. The molecule has 208 valence electrons. The van der Waals surface area contributed by atoms with E-state index < -0.39 is 47.5 Å². The Morgan fingerprint density at radius 1 is 1.03 bits per heavy atom. The number of halogens is 4. The van der Waals surface area contributed by atoms with Crippen LogP contribution in [0.1, 0.15) is 43.9 Å². The van der Waals surface area contributed by atoms with Crippen LogP contribution >= 0.6 is 11.8 Å². The number of aliphatic hydroxyl groups is 1. The summed E-state index contributed by atoms with van der Waals surface area (Å²) in [6.07, 6.45) is -4.32. The van der Waals surface area contributed by atoms with Gasteiger partial charge in [-0.3, -0.25) is 14.9 Å². The lowest BCUT2D eigenvalue weighted by atomic mass is 9.95. The molecule has 2 aromatic rings. The molecule has 1 fully saturated rings.